The second-order valence-electron chi connectivity index (χ2n) is 3.33. The zero-order chi connectivity index (χ0) is 12.3. The van der Waals surface area contributed by atoms with E-state index >= 15 is 0 Å². The van der Waals surface area contributed by atoms with Gasteiger partial charge in [0.25, 0.3) is 5.95 Å². The lowest BCUT2D eigenvalue weighted by Crippen LogP contribution is -1.98. The number of hydrogen-bond acceptors (Lipinski definition) is 2. The van der Waals surface area contributed by atoms with Gasteiger partial charge >= 0.3 is 0 Å². The quantitative estimate of drug-likeness (QED) is 0.806. The third-order valence-corrected chi connectivity index (χ3v) is 2.71. The second kappa shape index (κ2) is 5.23. The van der Waals surface area contributed by atoms with Crippen LogP contribution in [0.15, 0.2) is 41.0 Å². The maximum Gasteiger partial charge on any atom is 0.255 e. The highest BCUT2D eigenvalue weighted by molar-refractivity contribution is 9.10. The number of rotatable bonds is 3. The first-order valence-corrected chi connectivity index (χ1v) is 5.63. The van der Waals surface area contributed by atoms with Gasteiger partial charge in [-0.15, -0.1) is 0 Å². The van der Waals surface area contributed by atoms with Crippen molar-refractivity contribution >= 4 is 15.9 Å². The fraction of sp³-hybridized carbons (Fsp3) is 0.0833. The van der Waals surface area contributed by atoms with E-state index in [4.69, 9.17) is 4.74 Å². The summed E-state index contributed by atoms with van der Waals surface area (Å²) in [4.78, 5) is 3.46. The molecule has 0 aliphatic carbocycles. The Labute approximate surface area is 105 Å². The topological polar surface area (TPSA) is 22.1 Å². The summed E-state index contributed by atoms with van der Waals surface area (Å²) in [6, 6.07) is 7.56. The van der Waals surface area contributed by atoms with Crippen LogP contribution < -0.4 is 4.74 Å². The maximum atomic E-state index is 13.1. The summed E-state index contributed by atoms with van der Waals surface area (Å²) in [5, 5.41) is 0. The minimum Gasteiger partial charge on any atom is -0.484 e. The molecule has 2 rings (SSSR count). The summed E-state index contributed by atoms with van der Waals surface area (Å²) >= 11 is 3.07. The highest BCUT2D eigenvalue weighted by Crippen LogP contribution is 2.19. The van der Waals surface area contributed by atoms with Gasteiger partial charge in [0.2, 0.25) is 0 Å². The monoisotopic (exact) mass is 299 g/mol. The lowest BCUT2D eigenvalue weighted by molar-refractivity contribution is 0.285. The van der Waals surface area contributed by atoms with Crippen molar-refractivity contribution in [1.82, 2.24) is 4.98 Å². The Morgan fingerprint density at radius 1 is 1.24 bits per heavy atom. The third-order valence-electron chi connectivity index (χ3n) is 2.10. The molecule has 17 heavy (non-hydrogen) atoms. The maximum absolute atomic E-state index is 13.1. The van der Waals surface area contributed by atoms with E-state index in [2.05, 4.69) is 20.9 Å². The molecule has 88 valence electrons. The van der Waals surface area contributed by atoms with E-state index in [-0.39, 0.29) is 18.2 Å². The number of ether oxygens (including phenoxy) is 1. The second-order valence-corrected chi connectivity index (χ2v) is 4.18. The summed E-state index contributed by atoms with van der Waals surface area (Å²) in [7, 11) is 0. The highest BCUT2D eigenvalue weighted by Gasteiger charge is 2.05. The lowest BCUT2D eigenvalue weighted by Gasteiger charge is -2.06. The van der Waals surface area contributed by atoms with Crippen LogP contribution in [0, 0.1) is 11.8 Å². The number of halogens is 3. The first kappa shape index (κ1) is 12.0. The van der Waals surface area contributed by atoms with E-state index in [1.54, 1.807) is 18.2 Å². The van der Waals surface area contributed by atoms with Crippen LogP contribution in [-0.2, 0) is 6.61 Å². The Morgan fingerprint density at radius 2 is 2.06 bits per heavy atom. The third kappa shape index (κ3) is 3.00. The Balaban J connectivity index is 2.08. The molecule has 0 spiro atoms. The van der Waals surface area contributed by atoms with Crippen molar-refractivity contribution in [2.45, 2.75) is 6.61 Å². The molecule has 5 heteroatoms. The molecule has 2 aromatic rings. The van der Waals surface area contributed by atoms with Crippen LogP contribution in [0.5, 0.6) is 5.75 Å². The molecule has 0 saturated carbocycles. The van der Waals surface area contributed by atoms with Crippen molar-refractivity contribution in [3.05, 3.63) is 58.3 Å². The molecular formula is C12H8BrF2NO. The predicted molar refractivity (Wildman–Crippen MR) is 62.6 cm³/mol. The van der Waals surface area contributed by atoms with Crippen LogP contribution in [-0.4, -0.2) is 4.98 Å². The minimum absolute atomic E-state index is 0.0768. The molecule has 0 aliphatic rings. The van der Waals surface area contributed by atoms with Gasteiger partial charge in [0.1, 0.15) is 12.4 Å². The van der Waals surface area contributed by atoms with Gasteiger partial charge in [0, 0.05) is 6.20 Å². The van der Waals surface area contributed by atoms with Crippen LogP contribution in [0.3, 0.4) is 0 Å². The summed E-state index contributed by atoms with van der Waals surface area (Å²) in [5.74, 6) is -0.928. The van der Waals surface area contributed by atoms with E-state index in [0.29, 0.717) is 4.47 Å². The normalized spacial score (nSPS) is 10.3. The molecule has 2 nitrogen and oxygen atoms in total. The SMILES string of the molecule is Fc1ccc(COc2cccnc2F)cc1Br. The molecule has 0 fully saturated rings. The summed E-state index contributed by atoms with van der Waals surface area (Å²) < 4.78 is 31.7. The molecule has 1 heterocycles. The smallest absolute Gasteiger partial charge is 0.255 e. The van der Waals surface area contributed by atoms with E-state index < -0.39 is 5.95 Å². The number of nitrogens with zero attached hydrogens (tertiary/aromatic N) is 1. The Morgan fingerprint density at radius 3 is 2.76 bits per heavy atom. The van der Waals surface area contributed by atoms with Crippen molar-refractivity contribution in [3.8, 4) is 5.75 Å². The minimum atomic E-state index is -0.659. The molecule has 1 aromatic heterocycles. The van der Waals surface area contributed by atoms with Gasteiger partial charge in [-0.2, -0.15) is 4.39 Å². The lowest BCUT2D eigenvalue weighted by atomic mass is 10.2. The van der Waals surface area contributed by atoms with Crippen molar-refractivity contribution in [1.29, 1.82) is 0 Å². The van der Waals surface area contributed by atoms with E-state index in [9.17, 15) is 8.78 Å². The largest absolute Gasteiger partial charge is 0.484 e. The van der Waals surface area contributed by atoms with Gasteiger partial charge in [-0.25, -0.2) is 9.37 Å². The predicted octanol–water partition coefficient (Wildman–Crippen LogP) is 3.70. The van der Waals surface area contributed by atoms with E-state index in [0.717, 1.165) is 5.56 Å². The van der Waals surface area contributed by atoms with Crippen molar-refractivity contribution < 1.29 is 13.5 Å². The molecule has 0 radical (unpaired) electrons. The molecule has 0 amide bonds. The first-order chi connectivity index (χ1) is 8.16. The van der Waals surface area contributed by atoms with Crippen LogP contribution in [0.4, 0.5) is 8.78 Å². The molecule has 0 aliphatic heterocycles. The van der Waals surface area contributed by atoms with Crippen molar-refractivity contribution in [3.63, 3.8) is 0 Å². The van der Waals surface area contributed by atoms with Crippen molar-refractivity contribution in [2.24, 2.45) is 0 Å². The van der Waals surface area contributed by atoms with Crippen molar-refractivity contribution in [2.75, 3.05) is 0 Å². The molecule has 0 saturated heterocycles. The summed E-state index contributed by atoms with van der Waals surface area (Å²) in [6.07, 6.45) is 1.34. The number of benzene rings is 1. The van der Waals surface area contributed by atoms with Gasteiger partial charge in [-0.1, -0.05) is 6.07 Å². The van der Waals surface area contributed by atoms with Gasteiger partial charge < -0.3 is 4.74 Å². The highest BCUT2D eigenvalue weighted by atomic mass is 79.9. The molecule has 0 atom stereocenters. The van der Waals surface area contributed by atoms with Crippen LogP contribution in [0.1, 0.15) is 5.56 Å². The number of hydrogen-bond donors (Lipinski definition) is 0. The van der Waals surface area contributed by atoms with E-state index in [1.165, 1.54) is 18.3 Å². The molecule has 0 bridgehead atoms. The molecular weight excluding hydrogens is 292 g/mol. The fourth-order valence-corrected chi connectivity index (χ4v) is 1.70. The number of pyridine rings is 1. The van der Waals surface area contributed by atoms with Crippen LogP contribution in [0.2, 0.25) is 0 Å². The van der Waals surface area contributed by atoms with Gasteiger partial charge in [-0.05, 0) is 45.8 Å². The van der Waals surface area contributed by atoms with Crippen LogP contribution >= 0.6 is 15.9 Å². The fourth-order valence-electron chi connectivity index (χ4n) is 1.27. The molecule has 0 N–H and O–H groups in total. The number of aromatic nitrogens is 1. The van der Waals surface area contributed by atoms with Crippen LogP contribution in [0.25, 0.3) is 0 Å². The summed E-state index contributed by atoms with van der Waals surface area (Å²) in [5.41, 5.74) is 0.738. The Kier molecular flexibility index (Phi) is 3.68. The summed E-state index contributed by atoms with van der Waals surface area (Å²) in [6.45, 7) is 0.154. The standard InChI is InChI=1S/C12H8BrF2NO/c13-9-6-8(3-4-10(9)14)7-17-11-2-1-5-16-12(11)15/h1-6H,7H2. The van der Waals surface area contributed by atoms with E-state index in [1.807, 2.05) is 0 Å². The zero-order valence-electron chi connectivity index (χ0n) is 8.66. The van der Waals surface area contributed by atoms with Gasteiger partial charge in [0.05, 0.1) is 4.47 Å². The Hall–Kier alpha value is -1.49. The first-order valence-electron chi connectivity index (χ1n) is 4.84. The van der Waals surface area contributed by atoms with Gasteiger partial charge in [0.15, 0.2) is 5.75 Å². The average Bonchev–Trinajstić information content (AvgIpc) is 2.32. The average molecular weight is 300 g/mol. The molecule has 0 unspecified atom stereocenters. The molecule has 1 aromatic carbocycles. The van der Waals surface area contributed by atoms with Gasteiger partial charge in [-0.3, -0.25) is 0 Å². The zero-order valence-corrected chi connectivity index (χ0v) is 10.2. The Bertz CT molecular complexity index is 534.